The number of hydrogen-bond acceptors (Lipinski definition) is 2. The molecule has 0 saturated carbocycles. The first-order chi connectivity index (χ1) is 9.70. The van der Waals surface area contributed by atoms with Crippen LogP contribution in [0.25, 0.3) is 0 Å². The molecule has 0 bridgehead atoms. The highest BCUT2D eigenvalue weighted by atomic mass is 79.9. The molecule has 0 saturated heterocycles. The lowest BCUT2D eigenvalue weighted by Gasteiger charge is -2.12. The second-order valence-electron chi connectivity index (χ2n) is 4.60. The predicted octanol–water partition coefficient (Wildman–Crippen LogP) is 4.66. The Morgan fingerprint density at radius 1 is 1.14 bits per heavy atom. The van der Waals surface area contributed by atoms with Crippen LogP contribution in [0.1, 0.15) is 11.1 Å². The van der Waals surface area contributed by atoms with Crippen LogP contribution in [0.15, 0.2) is 39.7 Å². The van der Waals surface area contributed by atoms with Crippen LogP contribution in [0.5, 0.6) is 0 Å². The number of hydrogen-bond donors (Lipinski definition) is 1. The summed E-state index contributed by atoms with van der Waals surface area (Å²) in [4.78, 5) is 0.118. The third kappa shape index (κ3) is 3.56. The molecule has 0 heterocycles. The van der Waals surface area contributed by atoms with Crippen molar-refractivity contribution in [3.63, 3.8) is 0 Å². The molecule has 0 atom stereocenters. The van der Waals surface area contributed by atoms with Gasteiger partial charge >= 0.3 is 0 Å². The highest BCUT2D eigenvalue weighted by molar-refractivity contribution is 9.10. The van der Waals surface area contributed by atoms with Gasteiger partial charge in [-0.1, -0.05) is 11.6 Å². The number of sulfonamides is 1. The summed E-state index contributed by atoms with van der Waals surface area (Å²) in [5.41, 5.74) is 1.34. The molecule has 7 heteroatoms. The molecule has 0 spiro atoms. The van der Waals surface area contributed by atoms with Gasteiger partial charge in [0, 0.05) is 5.02 Å². The molecular weight excluding hydrogens is 381 g/mol. The van der Waals surface area contributed by atoms with Crippen molar-refractivity contribution in [2.45, 2.75) is 18.7 Å². The van der Waals surface area contributed by atoms with Gasteiger partial charge in [0.25, 0.3) is 10.0 Å². The maximum Gasteiger partial charge on any atom is 0.262 e. The molecule has 0 fully saturated rings. The van der Waals surface area contributed by atoms with Gasteiger partial charge in [-0.05, 0) is 71.2 Å². The van der Waals surface area contributed by atoms with Crippen molar-refractivity contribution >= 4 is 43.2 Å². The summed E-state index contributed by atoms with van der Waals surface area (Å²) >= 11 is 8.98. The fourth-order valence-electron chi connectivity index (χ4n) is 1.81. The zero-order valence-corrected chi connectivity index (χ0v) is 14.4. The topological polar surface area (TPSA) is 46.2 Å². The van der Waals surface area contributed by atoms with E-state index in [4.69, 9.17) is 11.6 Å². The highest BCUT2D eigenvalue weighted by Gasteiger charge is 2.18. The molecule has 0 aromatic heterocycles. The van der Waals surface area contributed by atoms with Crippen molar-refractivity contribution in [3.05, 3.63) is 56.8 Å². The molecule has 0 aliphatic heterocycles. The van der Waals surface area contributed by atoms with Crippen LogP contribution in [0.3, 0.4) is 0 Å². The second-order valence-corrected chi connectivity index (χ2v) is 7.51. The van der Waals surface area contributed by atoms with Gasteiger partial charge in [-0.15, -0.1) is 0 Å². The quantitative estimate of drug-likeness (QED) is 0.826. The van der Waals surface area contributed by atoms with Gasteiger partial charge in [0.15, 0.2) is 0 Å². The summed E-state index contributed by atoms with van der Waals surface area (Å²) in [5.74, 6) is -0.542. The fourth-order valence-corrected chi connectivity index (χ4v) is 3.64. The summed E-state index contributed by atoms with van der Waals surface area (Å²) in [5, 5.41) is 0.501. The van der Waals surface area contributed by atoms with Gasteiger partial charge in [0.05, 0.1) is 15.1 Å². The van der Waals surface area contributed by atoms with E-state index in [0.29, 0.717) is 16.1 Å². The Morgan fingerprint density at radius 3 is 2.43 bits per heavy atom. The SMILES string of the molecule is Cc1cc(S(=O)(=O)Nc2ccc(Br)c(F)c2)c(C)cc1Cl. The lowest BCUT2D eigenvalue weighted by molar-refractivity contribution is 0.600. The van der Waals surface area contributed by atoms with E-state index in [1.54, 1.807) is 19.9 Å². The molecule has 21 heavy (non-hydrogen) atoms. The first-order valence-electron chi connectivity index (χ1n) is 5.95. The summed E-state index contributed by atoms with van der Waals surface area (Å²) in [7, 11) is -3.80. The Hall–Kier alpha value is -1.11. The van der Waals surface area contributed by atoms with Gasteiger partial charge < -0.3 is 0 Å². The molecule has 1 N–H and O–H groups in total. The van der Waals surface area contributed by atoms with Crippen molar-refractivity contribution in [2.75, 3.05) is 4.72 Å². The molecule has 2 aromatic carbocycles. The third-order valence-electron chi connectivity index (χ3n) is 2.92. The molecule has 0 aliphatic carbocycles. The first-order valence-corrected chi connectivity index (χ1v) is 8.61. The Morgan fingerprint density at radius 2 is 1.81 bits per heavy atom. The van der Waals surface area contributed by atoms with E-state index in [2.05, 4.69) is 20.7 Å². The van der Waals surface area contributed by atoms with Crippen molar-refractivity contribution < 1.29 is 12.8 Å². The molecule has 112 valence electrons. The van der Waals surface area contributed by atoms with E-state index in [1.807, 2.05) is 0 Å². The Balaban J connectivity index is 2.43. The monoisotopic (exact) mass is 391 g/mol. The van der Waals surface area contributed by atoms with Crippen LogP contribution in [0.4, 0.5) is 10.1 Å². The first kappa shape index (κ1) is 16.3. The average Bonchev–Trinajstić information content (AvgIpc) is 2.37. The Bertz CT molecular complexity index is 809. The van der Waals surface area contributed by atoms with Gasteiger partial charge in [-0.2, -0.15) is 0 Å². The van der Waals surface area contributed by atoms with Crippen molar-refractivity contribution in [3.8, 4) is 0 Å². The van der Waals surface area contributed by atoms with Crippen molar-refractivity contribution in [1.29, 1.82) is 0 Å². The van der Waals surface area contributed by atoms with Gasteiger partial charge in [0.2, 0.25) is 0 Å². The number of anilines is 1. The molecule has 0 unspecified atom stereocenters. The normalized spacial score (nSPS) is 11.5. The molecule has 3 nitrogen and oxygen atoms in total. The van der Waals surface area contributed by atoms with E-state index < -0.39 is 15.8 Å². The van der Waals surface area contributed by atoms with Crippen LogP contribution in [-0.2, 0) is 10.0 Å². The van der Waals surface area contributed by atoms with Gasteiger partial charge in [-0.3, -0.25) is 4.72 Å². The van der Waals surface area contributed by atoms with Crippen LogP contribution < -0.4 is 4.72 Å². The van der Waals surface area contributed by atoms with E-state index in [0.717, 1.165) is 6.07 Å². The molecule has 2 rings (SSSR count). The number of aryl methyl sites for hydroxylation is 2. The minimum Gasteiger partial charge on any atom is -0.280 e. The van der Waals surface area contributed by atoms with Crippen LogP contribution in [0, 0.1) is 19.7 Å². The minimum atomic E-state index is -3.80. The maximum atomic E-state index is 13.5. The number of halogens is 3. The van der Waals surface area contributed by atoms with Crippen molar-refractivity contribution in [2.24, 2.45) is 0 Å². The average molecular weight is 393 g/mol. The number of benzene rings is 2. The Labute approximate surface area is 136 Å². The molecule has 0 radical (unpaired) electrons. The molecule has 2 aromatic rings. The number of rotatable bonds is 3. The number of nitrogens with one attached hydrogen (secondary N) is 1. The minimum absolute atomic E-state index is 0.118. The maximum absolute atomic E-state index is 13.5. The zero-order valence-electron chi connectivity index (χ0n) is 11.2. The zero-order chi connectivity index (χ0) is 15.8. The summed E-state index contributed by atoms with van der Waals surface area (Å²) in [6.07, 6.45) is 0. The lowest BCUT2D eigenvalue weighted by Crippen LogP contribution is -2.14. The molecular formula is C14H12BrClFNO2S. The Kier molecular flexibility index (Phi) is 4.60. The lowest BCUT2D eigenvalue weighted by atomic mass is 10.2. The van der Waals surface area contributed by atoms with E-state index in [9.17, 15) is 12.8 Å². The smallest absolute Gasteiger partial charge is 0.262 e. The molecule has 0 amide bonds. The van der Waals surface area contributed by atoms with E-state index in [1.165, 1.54) is 18.2 Å². The van der Waals surface area contributed by atoms with Crippen LogP contribution in [0.2, 0.25) is 5.02 Å². The standard InChI is InChI=1S/C14H12BrClFNO2S/c1-8-6-14(9(2)5-12(8)16)21(19,20)18-10-3-4-11(15)13(17)7-10/h3-7,18H,1-2H3. The van der Waals surface area contributed by atoms with Gasteiger partial charge in [0.1, 0.15) is 5.82 Å². The highest BCUT2D eigenvalue weighted by Crippen LogP contribution is 2.26. The van der Waals surface area contributed by atoms with Crippen LogP contribution >= 0.6 is 27.5 Å². The fraction of sp³-hybridized carbons (Fsp3) is 0.143. The van der Waals surface area contributed by atoms with Crippen molar-refractivity contribution in [1.82, 2.24) is 0 Å². The molecule has 0 aliphatic rings. The predicted molar refractivity (Wildman–Crippen MR) is 85.8 cm³/mol. The second kappa shape index (κ2) is 5.94. The van der Waals surface area contributed by atoms with E-state index >= 15 is 0 Å². The van der Waals surface area contributed by atoms with Crippen LogP contribution in [-0.4, -0.2) is 8.42 Å². The summed E-state index contributed by atoms with van der Waals surface area (Å²) < 4.78 is 40.9. The summed E-state index contributed by atoms with van der Waals surface area (Å²) in [6, 6.07) is 7.11. The summed E-state index contributed by atoms with van der Waals surface area (Å²) in [6.45, 7) is 3.38. The van der Waals surface area contributed by atoms with E-state index in [-0.39, 0.29) is 15.1 Å². The van der Waals surface area contributed by atoms with Gasteiger partial charge in [-0.25, -0.2) is 12.8 Å². The largest absolute Gasteiger partial charge is 0.280 e. The third-order valence-corrected chi connectivity index (χ3v) is 5.49.